The van der Waals surface area contributed by atoms with Crippen LogP contribution in [0.5, 0.6) is 0 Å². The highest BCUT2D eigenvalue weighted by atomic mass is 16.3. The van der Waals surface area contributed by atoms with Gasteiger partial charge >= 0.3 is 0 Å². The number of aliphatic hydroxyl groups is 1. The minimum atomic E-state index is -0.407. The first-order chi connectivity index (χ1) is 8.16. The lowest BCUT2D eigenvalue weighted by molar-refractivity contribution is -0.00595. The van der Waals surface area contributed by atoms with Crippen LogP contribution in [0.4, 0.5) is 0 Å². The molecule has 2 heteroatoms. The van der Waals surface area contributed by atoms with E-state index in [2.05, 4.69) is 19.2 Å². The van der Waals surface area contributed by atoms with Crippen LogP contribution in [0.1, 0.15) is 71.6 Å². The second kappa shape index (κ2) is 8.10. The molecule has 0 bridgehead atoms. The molecule has 0 aromatic heterocycles. The van der Waals surface area contributed by atoms with Gasteiger partial charge in [-0.3, -0.25) is 0 Å². The molecule has 0 heterocycles. The Bertz CT molecular complexity index is 185. The Labute approximate surface area is 107 Å². The summed E-state index contributed by atoms with van der Waals surface area (Å²) in [7, 11) is 0. The molecule has 0 radical (unpaired) electrons. The predicted octanol–water partition coefficient (Wildman–Crippen LogP) is 3.49. The van der Waals surface area contributed by atoms with Gasteiger partial charge in [-0.15, -0.1) is 0 Å². The lowest BCUT2D eigenvalue weighted by Gasteiger charge is -2.35. The van der Waals surface area contributed by atoms with Crippen LogP contribution in [0.2, 0.25) is 0 Å². The maximum atomic E-state index is 10.4. The Morgan fingerprint density at radius 3 is 2.41 bits per heavy atom. The monoisotopic (exact) mass is 241 g/mol. The Morgan fingerprint density at radius 2 is 1.76 bits per heavy atom. The first-order valence-electron chi connectivity index (χ1n) is 7.59. The van der Waals surface area contributed by atoms with Crippen molar-refractivity contribution in [2.24, 2.45) is 5.92 Å². The molecule has 2 nitrogen and oxygen atoms in total. The van der Waals surface area contributed by atoms with Crippen LogP contribution in [0, 0.1) is 5.92 Å². The lowest BCUT2D eigenvalue weighted by Crippen LogP contribution is -2.43. The van der Waals surface area contributed by atoms with Gasteiger partial charge in [-0.05, 0) is 44.6 Å². The smallest absolute Gasteiger partial charge is 0.0771 e. The number of hydrogen-bond acceptors (Lipinski definition) is 2. The molecule has 0 spiro atoms. The first-order valence-corrected chi connectivity index (χ1v) is 7.59. The van der Waals surface area contributed by atoms with Gasteiger partial charge in [0.25, 0.3) is 0 Å². The zero-order valence-corrected chi connectivity index (χ0v) is 11.8. The van der Waals surface area contributed by atoms with E-state index in [-0.39, 0.29) is 0 Å². The van der Waals surface area contributed by atoms with Gasteiger partial charge in [-0.2, -0.15) is 0 Å². The summed E-state index contributed by atoms with van der Waals surface area (Å²) in [6.07, 6.45) is 11.0. The van der Waals surface area contributed by atoms with Gasteiger partial charge in [0.15, 0.2) is 0 Å². The number of nitrogens with one attached hydrogen (secondary N) is 1. The minimum Gasteiger partial charge on any atom is -0.389 e. The van der Waals surface area contributed by atoms with Crippen molar-refractivity contribution < 1.29 is 5.11 Å². The van der Waals surface area contributed by atoms with E-state index in [9.17, 15) is 5.11 Å². The standard InChI is InChI=1S/C15H31NO/c1-3-4-5-6-7-12-16-13-15(17)10-8-14(2)9-11-15/h14,16-17H,3-13H2,1-2H3. The summed E-state index contributed by atoms with van der Waals surface area (Å²) in [6.45, 7) is 6.41. The van der Waals surface area contributed by atoms with E-state index in [1.54, 1.807) is 0 Å². The molecule has 1 saturated carbocycles. The van der Waals surface area contributed by atoms with E-state index in [0.29, 0.717) is 0 Å². The maximum absolute atomic E-state index is 10.4. The van der Waals surface area contributed by atoms with Gasteiger partial charge in [0.05, 0.1) is 5.60 Å². The third-order valence-corrected chi connectivity index (χ3v) is 4.12. The van der Waals surface area contributed by atoms with Crippen LogP contribution in [0.3, 0.4) is 0 Å². The first kappa shape index (κ1) is 15.0. The summed E-state index contributed by atoms with van der Waals surface area (Å²) in [5.41, 5.74) is -0.407. The van der Waals surface area contributed by atoms with Crippen LogP contribution in [-0.2, 0) is 0 Å². The Kier molecular flexibility index (Phi) is 7.14. The molecular formula is C15H31NO. The van der Waals surface area contributed by atoms with Crippen molar-refractivity contribution in [1.82, 2.24) is 5.32 Å². The number of unbranched alkanes of at least 4 members (excludes halogenated alkanes) is 4. The summed E-state index contributed by atoms with van der Waals surface area (Å²) < 4.78 is 0. The maximum Gasteiger partial charge on any atom is 0.0771 e. The zero-order chi connectivity index (χ0) is 12.6. The summed E-state index contributed by atoms with van der Waals surface area (Å²) in [6, 6.07) is 0. The second-order valence-electron chi connectivity index (χ2n) is 6.00. The summed E-state index contributed by atoms with van der Waals surface area (Å²) in [4.78, 5) is 0. The van der Waals surface area contributed by atoms with Crippen molar-refractivity contribution in [2.75, 3.05) is 13.1 Å². The fraction of sp³-hybridized carbons (Fsp3) is 1.00. The van der Waals surface area contributed by atoms with E-state index >= 15 is 0 Å². The van der Waals surface area contributed by atoms with E-state index in [4.69, 9.17) is 0 Å². The fourth-order valence-electron chi connectivity index (χ4n) is 2.65. The highest BCUT2D eigenvalue weighted by molar-refractivity contribution is 4.86. The SMILES string of the molecule is CCCCCCCNCC1(O)CCC(C)CC1. The van der Waals surface area contributed by atoms with Crippen LogP contribution in [0.25, 0.3) is 0 Å². The molecule has 0 atom stereocenters. The largest absolute Gasteiger partial charge is 0.389 e. The summed E-state index contributed by atoms with van der Waals surface area (Å²) in [5, 5.41) is 13.8. The second-order valence-corrected chi connectivity index (χ2v) is 6.00. The molecular weight excluding hydrogens is 210 g/mol. The molecule has 0 unspecified atom stereocenters. The molecule has 1 aliphatic rings. The molecule has 17 heavy (non-hydrogen) atoms. The molecule has 0 amide bonds. The molecule has 102 valence electrons. The Balaban J connectivity index is 1.98. The van der Waals surface area contributed by atoms with Crippen molar-refractivity contribution in [2.45, 2.75) is 77.2 Å². The molecule has 0 aromatic carbocycles. The van der Waals surface area contributed by atoms with Crippen molar-refractivity contribution in [3.8, 4) is 0 Å². The van der Waals surface area contributed by atoms with E-state index in [1.165, 1.54) is 44.9 Å². The highest BCUT2D eigenvalue weighted by Gasteiger charge is 2.30. The van der Waals surface area contributed by atoms with Crippen molar-refractivity contribution in [3.63, 3.8) is 0 Å². The van der Waals surface area contributed by atoms with E-state index in [0.717, 1.165) is 31.8 Å². The molecule has 1 aliphatic carbocycles. The van der Waals surface area contributed by atoms with Gasteiger partial charge < -0.3 is 10.4 Å². The zero-order valence-electron chi connectivity index (χ0n) is 11.8. The topological polar surface area (TPSA) is 32.3 Å². The van der Waals surface area contributed by atoms with Crippen LogP contribution in [0.15, 0.2) is 0 Å². The average Bonchev–Trinajstić information content (AvgIpc) is 2.32. The summed E-state index contributed by atoms with van der Waals surface area (Å²) in [5.74, 6) is 0.810. The third-order valence-electron chi connectivity index (χ3n) is 4.12. The van der Waals surface area contributed by atoms with Crippen LogP contribution >= 0.6 is 0 Å². The Hall–Kier alpha value is -0.0800. The average molecular weight is 241 g/mol. The predicted molar refractivity (Wildman–Crippen MR) is 74.2 cm³/mol. The van der Waals surface area contributed by atoms with Gasteiger partial charge in [-0.25, -0.2) is 0 Å². The number of hydrogen-bond donors (Lipinski definition) is 2. The van der Waals surface area contributed by atoms with Crippen LogP contribution in [-0.4, -0.2) is 23.8 Å². The molecule has 2 N–H and O–H groups in total. The molecule has 1 fully saturated rings. The fourth-order valence-corrected chi connectivity index (χ4v) is 2.65. The van der Waals surface area contributed by atoms with Gasteiger partial charge in [0.1, 0.15) is 0 Å². The number of rotatable bonds is 8. The van der Waals surface area contributed by atoms with E-state index in [1.807, 2.05) is 0 Å². The molecule has 0 aliphatic heterocycles. The summed E-state index contributed by atoms with van der Waals surface area (Å²) >= 11 is 0. The minimum absolute atomic E-state index is 0.407. The van der Waals surface area contributed by atoms with Crippen LogP contribution < -0.4 is 5.32 Å². The van der Waals surface area contributed by atoms with Crippen molar-refractivity contribution in [1.29, 1.82) is 0 Å². The van der Waals surface area contributed by atoms with Crippen molar-refractivity contribution >= 4 is 0 Å². The van der Waals surface area contributed by atoms with Gasteiger partial charge in [0, 0.05) is 6.54 Å². The molecule has 0 saturated heterocycles. The third kappa shape index (κ3) is 6.42. The Morgan fingerprint density at radius 1 is 1.12 bits per heavy atom. The van der Waals surface area contributed by atoms with Gasteiger partial charge in [-0.1, -0.05) is 39.5 Å². The molecule has 0 aromatic rings. The van der Waals surface area contributed by atoms with Crippen molar-refractivity contribution in [3.05, 3.63) is 0 Å². The van der Waals surface area contributed by atoms with Gasteiger partial charge in [0.2, 0.25) is 0 Å². The molecule has 1 rings (SSSR count). The quantitative estimate of drug-likeness (QED) is 0.638. The van der Waals surface area contributed by atoms with E-state index < -0.39 is 5.60 Å². The lowest BCUT2D eigenvalue weighted by atomic mass is 9.79. The highest BCUT2D eigenvalue weighted by Crippen LogP contribution is 2.31. The normalized spacial score (nSPS) is 29.5.